The van der Waals surface area contributed by atoms with Crippen molar-refractivity contribution in [1.82, 2.24) is 5.32 Å². The molecule has 0 aromatic heterocycles. The molecule has 0 aromatic carbocycles. The number of ether oxygens (including phenoxy) is 2. The average molecular weight is 243 g/mol. The van der Waals surface area contributed by atoms with Crippen molar-refractivity contribution >= 4 is 5.97 Å². The largest absolute Gasteiger partial charge is 0.464 e. The van der Waals surface area contributed by atoms with Crippen molar-refractivity contribution < 1.29 is 14.3 Å². The summed E-state index contributed by atoms with van der Waals surface area (Å²) in [4.78, 5) is 11.5. The Bertz CT molecular complexity index is 213. The highest BCUT2D eigenvalue weighted by atomic mass is 16.6. The Morgan fingerprint density at radius 1 is 1.47 bits per heavy atom. The van der Waals surface area contributed by atoms with Crippen LogP contribution in [0.2, 0.25) is 0 Å². The second-order valence-corrected chi connectivity index (χ2v) is 4.96. The molecule has 1 fully saturated rings. The first kappa shape index (κ1) is 14.5. The van der Waals surface area contributed by atoms with E-state index in [4.69, 9.17) is 9.47 Å². The molecular formula is C13H25NO3. The van der Waals surface area contributed by atoms with E-state index in [0.29, 0.717) is 13.2 Å². The fourth-order valence-electron chi connectivity index (χ4n) is 1.74. The molecule has 1 unspecified atom stereocenters. The summed E-state index contributed by atoms with van der Waals surface area (Å²) in [6.45, 7) is 7.56. The van der Waals surface area contributed by atoms with Gasteiger partial charge in [0.2, 0.25) is 0 Å². The first-order valence-electron chi connectivity index (χ1n) is 6.69. The first-order valence-corrected chi connectivity index (χ1v) is 6.69. The van der Waals surface area contributed by atoms with Gasteiger partial charge in [0.1, 0.15) is 0 Å². The highest BCUT2D eigenvalue weighted by molar-refractivity contribution is 5.74. The number of hydrogen-bond acceptors (Lipinski definition) is 4. The van der Waals surface area contributed by atoms with Gasteiger partial charge in [-0.3, -0.25) is 0 Å². The molecule has 100 valence electrons. The van der Waals surface area contributed by atoms with Crippen LogP contribution in [0.4, 0.5) is 0 Å². The van der Waals surface area contributed by atoms with E-state index in [0.717, 1.165) is 38.3 Å². The van der Waals surface area contributed by atoms with Gasteiger partial charge in [0.05, 0.1) is 6.61 Å². The summed E-state index contributed by atoms with van der Waals surface area (Å²) in [5, 5.41) is 3.34. The summed E-state index contributed by atoms with van der Waals surface area (Å²) in [7, 11) is 0. The van der Waals surface area contributed by atoms with E-state index >= 15 is 0 Å². The van der Waals surface area contributed by atoms with Gasteiger partial charge in [-0.2, -0.15) is 0 Å². The van der Waals surface area contributed by atoms with Crippen LogP contribution in [0.3, 0.4) is 0 Å². The maximum Gasteiger partial charge on any atom is 0.335 e. The van der Waals surface area contributed by atoms with Gasteiger partial charge in [-0.1, -0.05) is 13.8 Å². The average Bonchev–Trinajstić information content (AvgIpc) is 2.80. The van der Waals surface area contributed by atoms with E-state index in [2.05, 4.69) is 19.2 Å². The van der Waals surface area contributed by atoms with Crippen LogP contribution in [0.1, 0.15) is 39.5 Å². The van der Waals surface area contributed by atoms with Gasteiger partial charge in [0.15, 0.2) is 6.10 Å². The van der Waals surface area contributed by atoms with E-state index in [-0.39, 0.29) is 12.1 Å². The minimum absolute atomic E-state index is 0.190. The second-order valence-electron chi connectivity index (χ2n) is 4.96. The summed E-state index contributed by atoms with van der Waals surface area (Å²) in [5.74, 6) is 0.546. The number of carbonyl (C=O) groups excluding carboxylic acids is 1. The van der Waals surface area contributed by atoms with E-state index in [1.807, 2.05) is 0 Å². The summed E-state index contributed by atoms with van der Waals surface area (Å²) in [5.41, 5.74) is 0. The summed E-state index contributed by atoms with van der Waals surface area (Å²) in [6, 6.07) is 0. The number of rotatable bonds is 8. The molecule has 1 atom stereocenters. The molecule has 0 spiro atoms. The van der Waals surface area contributed by atoms with Gasteiger partial charge >= 0.3 is 5.97 Å². The third-order valence-corrected chi connectivity index (χ3v) is 2.83. The van der Waals surface area contributed by atoms with E-state index in [1.54, 1.807) is 0 Å². The quantitative estimate of drug-likeness (QED) is 0.521. The van der Waals surface area contributed by atoms with Crippen molar-refractivity contribution in [2.45, 2.75) is 45.6 Å². The molecule has 0 aliphatic carbocycles. The molecule has 1 heterocycles. The third kappa shape index (κ3) is 6.64. The van der Waals surface area contributed by atoms with Crippen molar-refractivity contribution in [3.05, 3.63) is 0 Å². The van der Waals surface area contributed by atoms with Crippen LogP contribution in [0.25, 0.3) is 0 Å². The zero-order valence-corrected chi connectivity index (χ0v) is 11.0. The molecular weight excluding hydrogens is 218 g/mol. The Kier molecular flexibility index (Phi) is 7.21. The maximum absolute atomic E-state index is 11.5. The van der Waals surface area contributed by atoms with Gasteiger partial charge < -0.3 is 14.8 Å². The lowest BCUT2D eigenvalue weighted by molar-refractivity contribution is -0.154. The Labute approximate surface area is 104 Å². The van der Waals surface area contributed by atoms with Crippen LogP contribution in [0, 0.1) is 5.92 Å². The fraction of sp³-hybridized carbons (Fsp3) is 0.923. The third-order valence-electron chi connectivity index (χ3n) is 2.83. The van der Waals surface area contributed by atoms with Gasteiger partial charge in [-0.25, -0.2) is 4.79 Å². The molecule has 1 N–H and O–H groups in total. The SMILES string of the molecule is CC(C)CCNCCCOC(=O)C1CCCO1. The van der Waals surface area contributed by atoms with Crippen molar-refractivity contribution in [2.75, 3.05) is 26.3 Å². The lowest BCUT2D eigenvalue weighted by atomic mass is 10.1. The Morgan fingerprint density at radius 2 is 2.29 bits per heavy atom. The predicted octanol–water partition coefficient (Wildman–Crippen LogP) is 1.73. The zero-order valence-electron chi connectivity index (χ0n) is 11.0. The number of hydrogen-bond donors (Lipinski definition) is 1. The van der Waals surface area contributed by atoms with Crippen molar-refractivity contribution in [2.24, 2.45) is 5.92 Å². The van der Waals surface area contributed by atoms with Crippen LogP contribution < -0.4 is 5.32 Å². The normalized spacial score (nSPS) is 19.8. The topological polar surface area (TPSA) is 47.6 Å². The maximum atomic E-state index is 11.5. The fourth-order valence-corrected chi connectivity index (χ4v) is 1.74. The molecule has 4 nitrogen and oxygen atoms in total. The Morgan fingerprint density at radius 3 is 2.94 bits per heavy atom. The molecule has 17 heavy (non-hydrogen) atoms. The van der Waals surface area contributed by atoms with Crippen molar-refractivity contribution in [3.63, 3.8) is 0 Å². The number of nitrogens with one attached hydrogen (secondary N) is 1. The molecule has 1 saturated heterocycles. The van der Waals surface area contributed by atoms with Gasteiger partial charge in [-0.05, 0) is 44.7 Å². The van der Waals surface area contributed by atoms with Crippen LogP contribution in [-0.2, 0) is 14.3 Å². The minimum atomic E-state index is -0.302. The van der Waals surface area contributed by atoms with Crippen LogP contribution in [0.5, 0.6) is 0 Å². The smallest absolute Gasteiger partial charge is 0.335 e. The van der Waals surface area contributed by atoms with Gasteiger partial charge in [0, 0.05) is 6.61 Å². The monoisotopic (exact) mass is 243 g/mol. The van der Waals surface area contributed by atoms with E-state index < -0.39 is 0 Å². The van der Waals surface area contributed by atoms with Crippen LogP contribution >= 0.6 is 0 Å². The van der Waals surface area contributed by atoms with Gasteiger partial charge in [0.25, 0.3) is 0 Å². The van der Waals surface area contributed by atoms with Crippen LogP contribution in [-0.4, -0.2) is 38.4 Å². The summed E-state index contributed by atoms with van der Waals surface area (Å²) in [6.07, 6.45) is 3.54. The highest BCUT2D eigenvalue weighted by Crippen LogP contribution is 2.13. The lowest BCUT2D eigenvalue weighted by Crippen LogP contribution is -2.24. The summed E-state index contributed by atoms with van der Waals surface area (Å²) >= 11 is 0. The molecule has 4 heteroatoms. The molecule has 0 amide bonds. The summed E-state index contributed by atoms with van der Waals surface area (Å²) < 4.78 is 10.4. The first-order chi connectivity index (χ1) is 8.20. The molecule has 0 saturated carbocycles. The van der Waals surface area contributed by atoms with Crippen molar-refractivity contribution in [3.8, 4) is 0 Å². The number of carbonyl (C=O) groups is 1. The Balaban J connectivity index is 1.88. The molecule has 0 radical (unpaired) electrons. The van der Waals surface area contributed by atoms with E-state index in [1.165, 1.54) is 6.42 Å². The standard InChI is InChI=1S/C13H25NO3/c1-11(2)6-8-14-7-4-10-17-13(15)12-5-3-9-16-12/h11-12,14H,3-10H2,1-2H3. The lowest BCUT2D eigenvalue weighted by Gasteiger charge is -2.10. The Hall–Kier alpha value is -0.610. The molecule has 1 aliphatic heterocycles. The second kappa shape index (κ2) is 8.48. The molecule has 0 aromatic rings. The van der Waals surface area contributed by atoms with Crippen LogP contribution in [0.15, 0.2) is 0 Å². The molecule has 1 aliphatic rings. The predicted molar refractivity (Wildman–Crippen MR) is 66.9 cm³/mol. The van der Waals surface area contributed by atoms with Gasteiger partial charge in [-0.15, -0.1) is 0 Å². The van der Waals surface area contributed by atoms with Crippen molar-refractivity contribution in [1.29, 1.82) is 0 Å². The number of esters is 1. The highest BCUT2D eigenvalue weighted by Gasteiger charge is 2.24. The minimum Gasteiger partial charge on any atom is -0.464 e. The molecule has 0 bridgehead atoms. The molecule has 1 rings (SSSR count). The van der Waals surface area contributed by atoms with E-state index in [9.17, 15) is 4.79 Å². The zero-order chi connectivity index (χ0) is 12.5.